The van der Waals surface area contributed by atoms with E-state index in [2.05, 4.69) is 13.8 Å². The first-order chi connectivity index (χ1) is 8.73. The maximum Gasteiger partial charge on any atom is 0.130 e. The smallest absolute Gasteiger partial charge is 0.130 e. The van der Waals surface area contributed by atoms with Gasteiger partial charge in [0.05, 0.1) is 12.2 Å². The second-order valence-corrected chi connectivity index (χ2v) is 6.62. The lowest BCUT2D eigenvalue weighted by Crippen LogP contribution is -2.36. The van der Waals surface area contributed by atoms with Crippen LogP contribution in [-0.2, 0) is 11.3 Å². The Kier molecular flexibility index (Phi) is 3.83. The van der Waals surface area contributed by atoms with Crippen LogP contribution in [0.2, 0.25) is 5.02 Å². The summed E-state index contributed by atoms with van der Waals surface area (Å²) in [5, 5.41) is 9.98. The van der Waals surface area contributed by atoms with Crippen molar-refractivity contribution >= 4 is 11.6 Å². The van der Waals surface area contributed by atoms with Crippen LogP contribution in [-0.4, -0.2) is 22.4 Å². The molecule has 0 aliphatic carbocycles. The first kappa shape index (κ1) is 14.6. The van der Waals surface area contributed by atoms with E-state index in [1.165, 1.54) is 0 Å². The van der Waals surface area contributed by atoms with E-state index in [0.29, 0.717) is 16.3 Å². The van der Waals surface area contributed by atoms with E-state index in [9.17, 15) is 5.11 Å². The molecule has 1 aliphatic rings. The van der Waals surface area contributed by atoms with E-state index in [0.717, 1.165) is 6.42 Å². The van der Waals surface area contributed by atoms with Gasteiger partial charge in [-0.05, 0) is 45.9 Å². The third kappa shape index (κ3) is 3.22. The number of halogens is 1. The van der Waals surface area contributed by atoms with Crippen LogP contribution in [0.5, 0.6) is 5.75 Å². The molecule has 1 saturated heterocycles. The van der Waals surface area contributed by atoms with Gasteiger partial charge >= 0.3 is 0 Å². The molecule has 106 valence electrons. The largest absolute Gasteiger partial charge is 0.487 e. The second kappa shape index (κ2) is 4.97. The molecular weight excluding hydrogens is 264 g/mol. The van der Waals surface area contributed by atoms with Gasteiger partial charge in [0.15, 0.2) is 0 Å². The lowest BCUT2D eigenvalue weighted by atomic mass is 9.97. The highest BCUT2D eigenvalue weighted by atomic mass is 35.5. The molecule has 2 rings (SSSR count). The lowest BCUT2D eigenvalue weighted by molar-refractivity contribution is -0.0847. The number of aliphatic hydroxyl groups is 1. The molecule has 0 aromatic heterocycles. The summed E-state index contributed by atoms with van der Waals surface area (Å²) >= 11 is 5.92. The molecule has 4 heteroatoms. The monoisotopic (exact) mass is 284 g/mol. The molecule has 0 saturated carbocycles. The van der Waals surface area contributed by atoms with Crippen LogP contribution in [0.4, 0.5) is 0 Å². The zero-order chi connectivity index (χ0) is 14.3. The summed E-state index contributed by atoms with van der Waals surface area (Å²) in [6.07, 6.45) is 0.766. The summed E-state index contributed by atoms with van der Waals surface area (Å²) in [5.41, 5.74) is 0.156. The average molecular weight is 285 g/mol. The van der Waals surface area contributed by atoms with E-state index in [4.69, 9.17) is 21.1 Å². The first-order valence-electron chi connectivity index (χ1n) is 6.50. The number of ether oxygens (including phenoxy) is 2. The zero-order valence-electron chi connectivity index (χ0n) is 11.9. The van der Waals surface area contributed by atoms with Crippen molar-refractivity contribution in [3.8, 4) is 5.75 Å². The van der Waals surface area contributed by atoms with Crippen molar-refractivity contribution < 1.29 is 14.6 Å². The summed E-state index contributed by atoms with van der Waals surface area (Å²) < 4.78 is 12.1. The standard InChI is InChI=1S/C15H21ClO3/c1-14(2)8-13(15(3,4)19-14)18-12-6-5-11(16)7-10(12)9-17/h5-7,13,17H,8-9H2,1-4H3. The van der Waals surface area contributed by atoms with E-state index in [1.54, 1.807) is 18.2 Å². The van der Waals surface area contributed by atoms with Crippen molar-refractivity contribution in [2.75, 3.05) is 0 Å². The number of hydrogen-bond donors (Lipinski definition) is 1. The highest BCUT2D eigenvalue weighted by Gasteiger charge is 2.47. The van der Waals surface area contributed by atoms with Crippen molar-refractivity contribution in [3.05, 3.63) is 28.8 Å². The van der Waals surface area contributed by atoms with Crippen molar-refractivity contribution in [1.29, 1.82) is 0 Å². The van der Waals surface area contributed by atoms with Crippen LogP contribution in [0.25, 0.3) is 0 Å². The minimum atomic E-state index is -0.351. The second-order valence-electron chi connectivity index (χ2n) is 6.19. The normalized spacial score (nSPS) is 24.4. The van der Waals surface area contributed by atoms with Crippen LogP contribution in [0.15, 0.2) is 18.2 Å². The topological polar surface area (TPSA) is 38.7 Å². The summed E-state index contributed by atoms with van der Waals surface area (Å²) in [4.78, 5) is 0. The van der Waals surface area contributed by atoms with Gasteiger partial charge in [-0.2, -0.15) is 0 Å². The number of hydrogen-bond acceptors (Lipinski definition) is 3. The summed E-state index contributed by atoms with van der Waals surface area (Å²) in [6.45, 7) is 8.09. The van der Waals surface area contributed by atoms with Crippen LogP contribution < -0.4 is 4.74 Å². The van der Waals surface area contributed by atoms with E-state index in [-0.39, 0.29) is 23.9 Å². The van der Waals surface area contributed by atoms with Gasteiger partial charge < -0.3 is 14.6 Å². The Balaban J connectivity index is 2.22. The molecule has 0 bridgehead atoms. The summed E-state index contributed by atoms with van der Waals surface area (Å²) in [6, 6.07) is 5.30. The molecule has 1 aromatic rings. The Morgan fingerprint density at radius 3 is 2.58 bits per heavy atom. The number of benzene rings is 1. The van der Waals surface area contributed by atoms with Crippen LogP contribution in [0.1, 0.15) is 39.7 Å². The van der Waals surface area contributed by atoms with E-state index < -0.39 is 0 Å². The van der Waals surface area contributed by atoms with Crippen molar-refractivity contribution in [1.82, 2.24) is 0 Å². The van der Waals surface area contributed by atoms with Crippen molar-refractivity contribution in [2.24, 2.45) is 0 Å². The highest BCUT2D eigenvalue weighted by Crippen LogP contribution is 2.40. The van der Waals surface area contributed by atoms with Gasteiger partial charge in [-0.15, -0.1) is 0 Å². The molecule has 1 unspecified atom stereocenters. The third-order valence-electron chi connectivity index (χ3n) is 3.45. The molecule has 1 fully saturated rings. The Hall–Kier alpha value is -0.770. The fraction of sp³-hybridized carbons (Fsp3) is 0.600. The minimum absolute atomic E-state index is 0.0472. The highest BCUT2D eigenvalue weighted by molar-refractivity contribution is 6.30. The molecule has 1 atom stereocenters. The third-order valence-corrected chi connectivity index (χ3v) is 3.69. The predicted molar refractivity (Wildman–Crippen MR) is 75.7 cm³/mol. The molecule has 3 nitrogen and oxygen atoms in total. The van der Waals surface area contributed by atoms with Crippen LogP contribution in [0.3, 0.4) is 0 Å². The molecule has 1 N–H and O–H groups in total. The quantitative estimate of drug-likeness (QED) is 0.922. The molecule has 0 amide bonds. The maximum atomic E-state index is 9.38. The van der Waals surface area contributed by atoms with Crippen LogP contribution >= 0.6 is 11.6 Å². The van der Waals surface area contributed by atoms with Crippen molar-refractivity contribution in [3.63, 3.8) is 0 Å². The summed E-state index contributed by atoms with van der Waals surface area (Å²) in [7, 11) is 0. The number of aliphatic hydroxyl groups excluding tert-OH is 1. The molecule has 19 heavy (non-hydrogen) atoms. The van der Waals surface area contributed by atoms with Gasteiger partial charge in [0.1, 0.15) is 17.5 Å². The predicted octanol–water partition coefficient (Wildman–Crippen LogP) is 3.56. The molecule has 1 heterocycles. The molecule has 0 spiro atoms. The Bertz CT molecular complexity index is 468. The lowest BCUT2D eigenvalue weighted by Gasteiger charge is -2.28. The molecular formula is C15H21ClO3. The average Bonchev–Trinajstić information content (AvgIpc) is 2.49. The van der Waals surface area contributed by atoms with E-state index in [1.807, 2.05) is 13.8 Å². The van der Waals surface area contributed by atoms with Crippen LogP contribution in [0, 0.1) is 0 Å². The fourth-order valence-electron chi connectivity index (χ4n) is 2.64. The molecule has 1 aliphatic heterocycles. The molecule has 0 radical (unpaired) electrons. The van der Waals surface area contributed by atoms with Gasteiger partial charge in [0, 0.05) is 17.0 Å². The van der Waals surface area contributed by atoms with Gasteiger partial charge in [-0.3, -0.25) is 0 Å². The zero-order valence-corrected chi connectivity index (χ0v) is 12.6. The molecule has 1 aromatic carbocycles. The van der Waals surface area contributed by atoms with Gasteiger partial charge in [-0.1, -0.05) is 11.6 Å². The number of rotatable bonds is 3. The fourth-order valence-corrected chi connectivity index (χ4v) is 2.83. The van der Waals surface area contributed by atoms with Gasteiger partial charge in [0.2, 0.25) is 0 Å². The van der Waals surface area contributed by atoms with E-state index >= 15 is 0 Å². The summed E-state index contributed by atoms with van der Waals surface area (Å²) in [5.74, 6) is 0.672. The minimum Gasteiger partial charge on any atom is -0.487 e. The Morgan fingerprint density at radius 1 is 1.37 bits per heavy atom. The van der Waals surface area contributed by atoms with Gasteiger partial charge in [-0.25, -0.2) is 0 Å². The Labute approximate surface area is 119 Å². The maximum absolute atomic E-state index is 9.38. The SMILES string of the molecule is CC1(C)CC(Oc2ccc(Cl)cc2CO)C(C)(C)O1. The van der Waals surface area contributed by atoms with Gasteiger partial charge in [0.25, 0.3) is 0 Å². The first-order valence-corrected chi connectivity index (χ1v) is 6.87. The van der Waals surface area contributed by atoms with Crippen molar-refractivity contribution in [2.45, 2.75) is 58.0 Å². The Morgan fingerprint density at radius 2 is 2.05 bits per heavy atom.